The SMILES string of the molecule is Cc1nc(Cc2ccccc2)sc1C(=O)N(CCN)CCc1ccccc1. The van der Waals surface area contributed by atoms with Crippen LogP contribution in [0, 0.1) is 6.92 Å². The molecule has 3 rings (SSSR count). The summed E-state index contributed by atoms with van der Waals surface area (Å²) in [5.74, 6) is 0.0330. The van der Waals surface area contributed by atoms with Gasteiger partial charge in [-0.05, 0) is 24.5 Å². The van der Waals surface area contributed by atoms with E-state index in [4.69, 9.17) is 5.73 Å². The average molecular weight is 380 g/mol. The molecule has 27 heavy (non-hydrogen) atoms. The third-order valence-electron chi connectivity index (χ3n) is 4.43. The highest BCUT2D eigenvalue weighted by molar-refractivity contribution is 7.13. The van der Waals surface area contributed by atoms with Crippen LogP contribution < -0.4 is 5.73 Å². The number of aryl methyl sites for hydroxylation is 1. The number of hydrogen-bond donors (Lipinski definition) is 1. The van der Waals surface area contributed by atoms with Crippen molar-refractivity contribution in [2.45, 2.75) is 19.8 Å². The fourth-order valence-electron chi connectivity index (χ4n) is 3.02. The van der Waals surface area contributed by atoms with Crippen molar-refractivity contribution in [2.75, 3.05) is 19.6 Å². The molecule has 2 aromatic carbocycles. The molecule has 4 nitrogen and oxygen atoms in total. The molecule has 0 fully saturated rings. The molecule has 140 valence electrons. The van der Waals surface area contributed by atoms with E-state index in [2.05, 4.69) is 29.2 Å². The number of benzene rings is 2. The lowest BCUT2D eigenvalue weighted by Crippen LogP contribution is -2.36. The number of aromatic nitrogens is 1. The maximum Gasteiger partial charge on any atom is 0.265 e. The maximum atomic E-state index is 13.1. The minimum atomic E-state index is 0.0330. The number of thiazole rings is 1. The fraction of sp³-hybridized carbons (Fsp3) is 0.273. The highest BCUT2D eigenvalue weighted by atomic mass is 32.1. The Bertz CT molecular complexity index is 862. The normalized spacial score (nSPS) is 10.7. The molecular weight excluding hydrogens is 354 g/mol. The van der Waals surface area contributed by atoms with E-state index in [-0.39, 0.29) is 5.91 Å². The molecule has 1 aromatic heterocycles. The second-order valence-electron chi connectivity index (χ2n) is 6.50. The lowest BCUT2D eigenvalue weighted by molar-refractivity contribution is 0.0766. The van der Waals surface area contributed by atoms with Gasteiger partial charge in [-0.3, -0.25) is 4.79 Å². The van der Waals surface area contributed by atoms with Crippen LogP contribution in [0.2, 0.25) is 0 Å². The minimum absolute atomic E-state index is 0.0330. The molecule has 5 heteroatoms. The van der Waals surface area contributed by atoms with Crippen molar-refractivity contribution < 1.29 is 4.79 Å². The number of amides is 1. The maximum absolute atomic E-state index is 13.1. The molecule has 1 amide bonds. The molecule has 0 aliphatic heterocycles. The van der Waals surface area contributed by atoms with Crippen LogP contribution in [-0.2, 0) is 12.8 Å². The predicted octanol–water partition coefficient (Wildman–Crippen LogP) is 3.69. The van der Waals surface area contributed by atoms with Gasteiger partial charge in [0.1, 0.15) is 4.88 Å². The highest BCUT2D eigenvalue weighted by Crippen LogP contribution is 2.22. The van der Waals surface area contributed by atoms with Crippen molar-refractivity contribution in [2.24, 2.45) is 5.73 Å². The average Bonchev–Trinajstić information content (AvgIpc) is 3.06. The Hall–Kier alpha value is -2.50. The Labute approximate surface area is 164 Å². The van der Waals surface area contributed by atoms with Crippen LogP contribution in [0.15, 0.2) is 60.7 Å². The summed E-state index contributed by atoms with van der Waals surface area (Å²) < 4.78 is 0. The van der Waals surface area contributed by atoms with Gasteiger partial charge in [0.2, 0.25) is 0 Å². The molecule has 0 bridgehead atoms. The number of carbonyl (C=O) groups excluding carboxylic acids is 1. The summed E-state index contributed by atoms with van der Waals surface area (Å²) in [6.45, 7) is 3.58. The van der Waals surface area contributed by atoms with Crippen LogP contribution in [-0.4, -0.2) is 35.4 Å². The van der Waals surface area contributed by atoms with Gasteiger partial charge in [-0.2, -0.15) is 0 Å². The number of carbonyl (C=O) groups is 1. The molecular formula is C22H25N3OS. The van der Waals surface area contributed by atoms with Gasteiger partial charge in [0, 0.05) is 26.1 Å². The summed E-state index contributed by atoms with van der Waals surface area (Å²) in [4.78, 5) is 20.3. The van der Waals surface area contributed by atoms with E-state index in [0.29, 0.717) is 19.6 Å². The molecule has 0 spiro atoms. The molecule has 3 aromatic rings. The molecule has 2 N–H and O–H groups in total. The highest BCUT2D eigenvalue weighted by Gasteiger charge is 2.21. The summed E-state index contributed by atoms with van der Waals surface area (Å²) in [5, 5.41) is 0.970. The zero-order valence-corrected chi connectivity index (χ0v) is 16.4. The molecule has 0 radical (unpaired) electrons. The van der Waals surface area contributed by atoms with E-state index in [1.165, 1.54) is 22.5 Å². The Balaban J connectivity index is 1.71. The van der Waals surface area contributed by atoms with Gasteiger partial charge >= 0.3 is 0 Å². The zero-order valence-electron chi connectivity index (χ0n) is 15.6. The molecule has 0 aliphatic rings. The lowest BCUT2D eigenvalue weighted by atomic mass is 10.1. The summed E-state index contributed by atoms with van der Waals surface area (Å²) in [6.07, 6.45) is 1.57. The summed E-state index contributed by atoms with van der Waals surface area (Å²) in [6, 6.07) is 20.4. The third-order valence-corrected chi connectivity index (χ3v) is 5.58. The van der Waals surface area contributed by atoms with E-state index in [0.717, 1.165) is 28.4 Å². The Morgan fingerprint density at radius 2 is 1.63 bits per heavy atom. The Morgan fingerprint density at radius 3 is 2.26 bits per heavy atom. The number of rotatable bonds is 8. The van der Waals surface area contributed by atoms with Crippen molar-refractivity contribution >= 4 is 17.2 Å². The van der Waals surface area contributed by atoms with Crippen molar-refractivity contribution in [3.63, 3.8) is 0 Å². The molecule has 0 unspecified atom stereocenters. The zero-order chi connectivity index (χ0) is 19.1. The topological polar surface area (TPSA) is 59.2 Å². The first-order valence-electron chi connectivity index (χ1n) is 9.21. The third kappa shape index (κ3) is 5.25. The van der Waals surface area contributed by atoms with E-state index < -0.39 is 0 Å². The van der Waals surface area contributed by atoms with Gasteiger partial charge in [-0.15, -0.1) is 11.3 Å². The summed E-state index contributed by atoms with van der Waals surface area (Å²) >= 11 is 1.50. The molecule has 1 heterocycles. The summed E-state index contributed by atoms with van der Waals surface area (Å²) in [7, 11) is 0. The van der Waals surface area contributed by atoms with Gasteiger partial charge in [-0.1, -0.05) is 60.7 Å². The van der Waals surface area contributed by atoms with E-state index >= 15 is 0 Å². The lowest BCUT2D eigenvalue weighted by Gasteiger charge is -2.21. The van der Waals surface area contributed by atoms with Crippen molar-refractivity contribution in [3.8, 4) is 0 Å². The molecule has 0 atom stereocenters. The molecule has 0 saturated carbocycles. The molecule has 0 saturated heterocycles. The first-order valence-corrected chi connectivity index (χ1v) is 10.0. The van der Waals surface area contributed by atoms with E-state index in [1.807, 2.05) is 48.2 Å². The summed E-state index contributed by atoms with van der Waals surface area (Å²) in [5.41, 5.74) is 8.98. The molecule has 0 aliphatic carbocycles. The van der Waals surface area contributed by atoms with Crippen molar-refractivity contribution in [1.82, 2.24) is 9.88 Å². The fourth-order valence-corrected chi connectivity index (χ4v) is 4.09. The second kappa shape index (κ2) is 9.44. The van der Waals surface area contributed by atoms with Crippen LogP contribution in [0.25, 0.3) is 0 Å². The first kappa shape index (κ1) is 19.3. The second-order valence-corrected chi connectivity index (χ2v) is 7.58. The monoisotopic (exact) mass is 379 g/mol. The number of nitrogens with zero attached hydrogens (tertiary/aromatic N) is 2. The largest absolute Gasteiger partial charge is 0.336 e. The van der Waals surface area contributed by atoms with Gasteiger partial charge in [0.25, 0.3) is 5.91 Å². The van der Waals surface area contributed by atoms with Crippen LogP contribution in [0.5, 0.6) is 0 Å². The van der Waals surface area contributed by atoms with Crippen molar-refractivity contribution in [1.29, 1.82) is 0 Å². The minimum Gasteiger partial charge on any atom is -0.336 e. The number of hydrogen-bond acceptors (Lipinski definition) is 4. The van der Waals surface area contributed by atoms with Gasteiger partial charge in [0.15, 0.2) is 0 Å². The van der Waals surface area contributed by atoms with Crippen LogP contribution in [0.4, 0.5) is 0 Å². The van der Waals surface area contributed by atoms with Gasteiger partial charge in [-0.25, -0.2) is 4.98 Å². The van der Waals surface area contributed by atoms with Crippen LogP contribution in [0.1, 0.15) is 31.5 Å². The number of nitrogens with two attached hydrogens (primary N) is 1. The predicted molar refractivity (Wildman–Crippen MR) is 111 cm³/mol. The van der Waals surface area contributed by atoms with E-state index in [9.17, 15) is 4.79 Å². The van der Waals surface area contributed by atoms with Crippen molar-refractivity contribution in [3.05, 3.63) is 87.4 Å². The quantitative estimate of drug-likeness (QED) is 0.649. The Kier molecular flexibility index (Phi) is 6.74. The smallest absolute Gasteiger partial charge is 0.265 e. The van der Waals surface area contributed by atoms with Gasteiger partial charge in [0.05, 0.1) is 10.7 Å². The van der Waals surface area contributed by atoms with E-state index in [1.54, 1.807) is 0 Å². The first-order chi connectivity index (χ1) is 13.2. The van der Waals surface area contributed by atoms with Gasteiger partial charge < -0.3 is 10.6 Å². The van der Waals surface area contributed by atoms with Crippen LogP contribution in [0.3, 0.4) is 0 Å². The Morgan fingerprint density at radius 1 is 1.00 bits per heavy atom. The van der Waals surface area contributed by atoms with Crippen LogP contribution >= 0.6 is 11.3 Å². The standard InChI is InChI=1S/C22H25N3OS/c1-17-21(27-20(24-17)16-19-10-6-3-7-11-19)22(26)25(15-13-23)14-12-18-8-4-2-5-9-18/h2-11H,12-16,23H2,1H3.